The molecule has 0 amide bonds. The molecule has 13 heteroatoms. The molecular weight excluding hydrogens is 434 g/mol. The minimum atomic E-state index is -0.942. The van der Waals surface area contributed by atoms with E-state index in [9.17, 15) is 34.2 Å². The molecule has 2 N–H and O–H groups in total. The van der Waals surface area contributed by atoms with Crippen LogP contribution in [0.2, 0.25) is 10.0 Å². The molecule has 0 aliphatic heterocycles. The second-order valence-corrected chi connectivity index (χ2v) is 6.54. The van der Waals surface area contributed by atoms with E-state index in [4.69, 9.17) is 23.2 Å². The summed E-state index contributed by atoms with van der Waals surface area (Å²) in [6.07, 6.45) is 0. The number of aryl methyl sites for hydroxylation is 1. The van der Waals surface area contributed by atoms with Crippen LogP contribution in [-0.2, 0) is 0 Å². The number of nitrogens with zero attached hydrogens (tertiary/aromatic N) is 2. The van der Waals surface area contributed by atoms with Gasteiger partial charge in [0.1, 0.15) is 5.52 Å². The first-order chi connectivity index (χ1) is 13.4. The van der Waals surface area contributed by atoms with Crippen molar-refractivity contribution in [2.45, 2.75) is 13.8 Å². The Hall–Kier alpha value is -3.31. The molecule has 29 heavy (non-hydrogen) atoms. The zero-order chi connectivity index (χ0) is 22.0. The number of hydrogen-bond acceptors (Lipinski definition) is 6. The molecule has 0 bridgehead atoms. The molecule has 0 unspecified atom stereocenters. The number of hydrogen-bond donors (Lipinski definition) is 2. The Balaban J connectivity index is 0.000000221. The molecule has 1 heterocycles. The number of nitro benzene ring substituents is 2. The zero-order valence-corrected chi connectivity index (χ0v) is 16.2. The lowest BCUT2D eigenvalue weighted by atomic mass is 10.1. The Morgan fingerprint density at radius 1 is 0.931 bits per heavy atom. The average Bonchev–Trinajstić information content (AvgIpc) is 2.61. The standard InChI is InChI=1S/C9H6ClN3O4.C7H5ClFNO2/c1-3-4(10)2-5-6(7(3)13(16)17)12-9(15)8(14)11-5;1-4-2-6(9)7(10(11)12)3-5(4)8/h2H,1H3,(H,11,14)(H,12,15);2-3H,1H3. The summed E-state index contributed by atoms with van der Waals surface area (Å²) in [6, 6.07) is 3.41. The fourth-order valence-corrected chi connectivity index (χ4v) is 2.67. The number of aromatic amines is 2. The van der Waals surface area contributed by atoms with Crippen molar-refractivity contribution < 1.29 is 14.2 Å². The van der Waals surface area contributed by atoms with E-state index in [0.717, 1.165) is 12.1 Å². The third kappa shape index (κ3) is 4.58. The van der Waals surface area contributed by atoms with Crippen molar-refractivity contribution in [3.8, 4) is 0 Å². The van der Waals surface area contributed by atoms with Crippen molar-refractivity contribution in [3.63, 3.8) is 0 Å². The summed E-state index contributed by atoms with van der Waals surface area (Å²) in [7, 11) is 0. The highest BCUT2D eigenvalue weighted by atomic mass is 35.5. The van der Waals surface area contributed by atoms with Crippen LogP contribution in [0.1, 0.15) is 11.1 Å². The van der Waals surface area contributed by atoms with Crippen LogP contribution in [0, 0.1) is 39.9 Å². The molecule has 0 aliphatic rings. The highest BCUT2D eigenvalue weighted by Crippen LogP contribution is 2.31. The quantitative estimate of drug-likeness (QED) is 0.348. The molecule has 1 aromatic heterocycles. The molecule has 0 fully saturated rings. The Labute approximate surface area is 170 Å². The van der Waals surface area contributed by atoms with Crippen LogP contribution in [0.5, 0.6) is 0 Å². The molecule has 10 nitrogen and oxygen atoms in total. The largest absolute Gasteiger partial charge is 0.316 e. The summed E-state index contributed by atoms with van der Waals surface area (Å²) in [6.45, 7) is 3.04. The van der Waals surface area contributed by atoms with Crippen molar-refractivity contribution in [1.29, 1.82) is 0 Å². The van der Waals surface area contributed by atoms with Gasteiger partial charge in [-0.15, -0.1) is 0 Å². The van der Waals surface area contributed by atoms with Crippen LogP contribution in [0.25, 0.3) is 11.0 Å². The summed E-state index contributed by atoms with van der Waals surface area (Å²) < 4.78 is 12.8. The Kier molecular flexibility index (Phi) is 6.34. The van der Waals surface area contributed by atoms with Crippen LogP contribution >= 0.6 is 23.2 Å². The molecule has 0 saturated heterocycles. The SMILES string of the molecule is Cc1c(Cl)cc2[nH]c(=O)c(=O)[nH]c2c1[N+](=O)[O-].Cc1cc(F)c([N+](=O)[O-])cc1Cl. The van der Waals surface area contributed by atoms with Gasteiger partial charge in [0, 0.05) is 11.6 Å². The molecule has 0 saturated carbocycles. The topological polar surface area (TPSA) is 152 Å². The van der Waals surface area contributed by atoms with Gasteiger partial charge in [-0.25, -0.2) is 0 Å². The molecule has 0 aliphatic carbocycles. The molecular formula is C16H11Cl2FN4O6. The molecule has 2 aromatic carbocycles. The van der Waals surface area contributed by atoms with E-state index < -0.39 is 32.5 Å². The molecule has 0 atom stereocenters. The van der Waals surface area contributed by atoms with Crippen molar-refractivity contribution in [2.75, 3.05) is 0 Å². The smallest absolute Gasteiger partial charge is 0.314 e. The summed E-state index contributed by atoms with van der Waals surface area (Å²) in [5.74, 6) is -0.859. The maximum absolute atomic E-state index is 12.8. The van der Waals surface area contributed by atoms with Gasteiger partial charge in [0.25, 0.3) is 5.69 Å². The van der Waals surface area contributed by atoms with E-state index in [0.29, 0.717) is 5.56 Å². The molecule has 0 spiro atoms. The second-order valence-electron chi connectivity index (χ2n) is 5.73. The van der Waals surface area contributed by atoms with Gasteiger partial charge in [-0.3, -0.25) is 29.8 Å². The maximum atomic E-state index is 12.8. The monoisotopic (exact) mass is 444 g/mol. The first-order valence-corrected chi connectivity index (χ1v) is 8.39. The summed E-state index contributed by atoms with van der Waals surface area (Å²) in [5, 5.41) is 21.5. The summed E-state index contributed by atoms with van der Waals surface area (Å²) >= 11 is 11.4. The van der Waals surface area contributed by atoms with Crippen molar-refractivity contribution >= 4 is 45.6 Å². The first kappa shape index (κ1) is 22.0. The van der Waals surface area contributed by atoms with Gasteiger partial charge in [-0.2, -0.15) is 4.39 Å². The fourth-order valence-electron chi connectivity index (χ4n) is 2.31. The van der Waals surface area contributed by atoms with Gasteiger partial charge in [0.15, 0.2) is 0 Å². The van der Waals surface area contributed by atoms with Gasteiger partial charge < -0.3 is 9.97 Å². The van der Waals surface area contributed by atoms with Crippen LogP contribution < -0.4 is 11.1 Å². The third-order valence-electron chi connectivity index (χ3n) is 3.79. The lowest BCUT2D eigenvalue weighted by Gasteiger charge is -2.04. The van der Waals surface area contributed by atoms with Gasteiger partial charge in [-0.05, 0) is 31.5 Å². The molecule has 3 rings (SSSR count). The Morgan fingerprint density at radius 2 is 1.52 bits per heavy atom. The lowest BCUT2D eigenvalue weighted by molar-refractivity contribution is -0.387. The zero-order valence-electron chi connectivity index (χ0n) is 14.7. The number of rotatable bonds is 2. The second kappa shape index (κ2) is 8.37. The predicted octanol–water partition coefficient (Wildman–Crippen LogP) is 3.78. The highest BCUT2D eigenvalue weighted by Gasteiger charge is 2.20. The normalized spacial score (nSPS) is 10.4. The minimum absolute atomic E-state index is 0.0403. The third-order valence-corrected chi connectivity index (χ3v) is 4.59. The molecule has 152 valence electrons. The fraction of sp³-hybridized carbons (Fsp3) is 0.125. The highest BCUT2D eigenvalue weighted by molar-refractivity contribution is 6.32. The van der Waals surface area contributed by atoms with E-state index >= 15 is 0 Å². The maximum Gasteiger partial charge on any atom is 0.314 e. The Bertz CT molecular complexity index is 1270. The van der Waals surface area contributed by atoms with Crippen molar-refractivity contribution in [3.05, 3.63) is 86.1 Å². The first-order valence-electron chi connectivity index (χ1n) is 7.63. The van der Waals surface area contributed by atoms with Gasteiger partial charge in [0.2, 0.25) is 5.82 Å². The van der Waals surface area contributed by atoms with E-state index in [1.54, 1.807) is 6.92 Å². The minimum Gasteiger partial charge on any atom is -0.316 e. The van der Waals surface area contributed by atoms with E-state index in [2.05, 4.69) is 9.97 Å². The van der Waals surface area contributed by atoms with Gasteiger partial charge >= 0.3 is 16.8 Å². The number of nitro groups is 2. The predicted molar refractivity (Wildman–Crippen MR) is 104 cm³/mol. The van der Waals surface area contributed by atoms with Crippen LogP contribution in [0.4, 0.5) is 15.8 Å². The van der Waals surface area contributed by atoms with Crippen LogP contribution in [0.3, 0.4) is 0 Å². The number of halogens is 3. The van der Waals surface area contributed by atoms with Gasteiger partial charge in [-0.1, -0.05) is 23.2 Å². The molecule has 0 radical (unpaired) electrons. The van der Waals surface area contributed by atoms with Gasteiger partial charge in [0.05, 0.1) is 25.4 Å². The van der Waals surface area contributed by atoms with E-state index in [1.807, 2.05) is 0 Å². The van der Waals surface area contributed by atoms with Crippen molar-refractivity contribution in [2.24, 2.45) is 0 Å². The average molecular weight is 445 g/mol. The number of H-pyrrole nitrogens is 2. The van der Waals surface area contributed by atoms with Crippen LogP contribution in [-0.4, -0.2) is 19.8 Å². The lowest BCUT2D eigenvalue weighted by Crippen LogP contribution is -2.29. The summed E-state index contributed by atoms with van der Waals surface area (Å²) in [4.78, 5) is 46.3. The number of benzene rings is 2. The molecule has 3 aromatic rings. The summed E-state index contributed by atoms with van der Waals surface area (Å²) in [5.41, 5.74) is -1.94. The number of fused-ring (bicyclic) bond motifs is 1. The van der Waals surface area contributed by atoms with E-state index in [-0.39, 0.29) is 32.3 Å². The number of aromatic nitrogens is 2. The Morgan fingerprint density at radius 3 is 2.07 bits per heavy atom. The van der Waals surface area contributed by atoms with E-state index in [1.165, 1.54) is 13.0 Å². The van der Waals surface area contributed by atoms with Crippen LogP contribution in [0.15, 0.2) is 27.8 Å². The van der Waals surface area contributed by atoms with Crippen molar-refractivity contribution in [1.82, 2.24) is 9.97 Å². The number of nitrogens with one attached hydrogen (secondary N) is 2.